The molecule has 2 aromatic heterocycles. The second kappa shape index (κ2) is 7.90. The first-order valence-corrected chi connectivity index (χ1v) is 9.06. The van der Waals surface area contributed by atoms with E-state index in [1.807, 2.05) is 42.5 Å². The molecule has 8 heteroatoms. The van der Waals surface area contributed by atoms with E-state index < -0.39 is 6.36 Å². The number of pyridine rings is 1. The summed E-state index contributed by atoms with van der Waals surface area (Å²) in [5.41, 5.74) is 2.52. The fraction of sp³-hybridized carbons (Fsp3) is 0.0909. The Morgan fingerprint density at radius 3 is 2.33 bits per heavy atom. The summed E-state index contributed by atoms with van der Waals surface area (Å²) in [4.78, 5) is 12.6. The first kappa shape index (κ1) is 19.5. The van der Waals surface area contributed by atoms with Crippen molar-refractivity contribution in [3.63, 3.8) is 0 Å². The van der Waals surface area contributed by atoms with Crippen molar-refractivity contribution in [2.75, 3.05) is 0 Å². The van der Waals surface area contributed by atoms with Gasteiger partial charge in [-0.3, -0.25) is 0 Å². The van der Waals surface area contributed by atoms with Gasteiger partial charge in [0, 0.05) is 6.20 Å². The van der Waals surface area contributed by atoms with Crippen molar-refractivity contribution in [2.24, 2.45) is 0 Å². The van der Waals surface area contributed by atoms with Crippen LogP contribution in [-0.2, 0) is 6.54 Å². The highest BCUT2D eigenvalue weighted by Gasteiger charge is 2.30. The van der Waals surface area contributed by atoms with Gasteiger partial charge in [-0.1, -0.05) is 54.6 Å². The van der Waals surface area contributed by atoms with E-state index in [2.05, 4.69) is 9.84 Å². The molecule has 30 heavy (non-hydrogen) atoms. The monoisotopic (exact) mass is 411 g/mol. The van der Waals surface area contributed by atoms with Crippen LogP contribution in [0.3, 0.4) is 0 Å². The molecular weight excluding hydrogens is 395 g/mol. The molecule has 0 atom stereocenters. The van der Waals surface area contributed by atoms with Crippen molar-refractivity contribution in [2.45, 2.75) is 12.9 Å². The molecule has 5 nitrogen and oxygen atoms in total. The third-order valence-electron chi connectivity index (χ3n) is 4.39. The second-order valence-electron chi connectivity index (χ2n) is 6.50. The molecule has 0 saturated carbocycles. The molecule has 2 heterocycles. The van der Waals surface area contributed by atoms with Crippen molar-refractivity contribution >= 4 is 11.7 Å². The number of rotatable bonds is 5. The zero-order valence-corrected chi connectivity index (χ0v) is 15.6. The molecular formula is C22H16F3N3O2. The molecule has 0 aliphatic carbocycles. The number of fused-ring (bicyclic) bond motifs is 1. The van der Waals surface area contributed by atoms with E-state index in [-0.39, 0.29) is 11.4 Å². The van der Waals surface area contributed by atoms with E-state index in [4.69, 9.17) is 0 Å². The van der Waals surface area contributed by atoms with E-state index in [1.165, 1.54) is 33.3 Å². The number of aromatic nitrogens is 3. The van der Waals surface area contributed by atoms with Crippen LogP contribution >= 0.6 is 0 Å². The summed E-state index contributed by atoms with van der Waals surface area (Å²) in [6, 6.07) is 18.6. The highest BCUT2D eigenvalue weighted by molar-refractivity contribution is 5.65. The Balaban J connectivity index is 1.56. The molecule has 0 aliphatic rings. The molecule has 0 bridgehead atoms. The number of allylic oxidation sites excluding steroid dienone is 1. The van der Waals surface area contributed by atoms with Crippen LogP contribution in [0.1, 0.15) is 5.56 Å². The van der Waals surface area contributed by atoms with Gasteiger partial charge in [0.05, 0.1) is 6.54 Å². The van der Waals surface area contributed by atoms with E-state index in [0.717, 1.165) is 5.56 Å². The zero-order valence-electron chi connectivity index (χ0n) is 15.6. The number of nitrogens with zero attached hydrogens (tertiary/aromatic N) is 3. The van der Waals surface area contributed by atoms with Gasteiger partial charge in [-0.2, -0.15) is 0 Å². The maximum absolute atomic E-state index is 12.6. The highest BCUT2D eigenvalue weighted by atomic mass is 19.4. The second-order valence-corrected chi connectivity index (χ2v) is 6.50. The van der Waals surface area contributed by atoms with Crippen molar-refractivity contribution in [1.29, 1.82) is 0 Å². The Kier molecular flexibility index (Phi) is 5.14. The van der Waals surface area contributed by atoms with Crippen molar-refractivity contribution in [1.82, 2.24) is 14.2 Å². The number of benzene rings is 2. The summed E-state index contributed by atoms with van der Waals surface area (Å²) in [5, 5.41) is 4.30. The lowest BCUT2D eigenvalue weighted by Gasteiger charge is -2.09. The minimum atomic E-state index is -4.74. The third-order valence-corrected chi connectivity index (χ3v) is 4.39. The fourth-order valence-electron chi connectivity index (χ4n) is 3.01. The summed E-state index contributed by atoms with van der Waals surface area (Å²) < 4.78 is 43.5. The van der Waals surface area contributed by atoms with E-state index in [9.17, 15) is 18.0 Å². The predicted octanol–water partition coefficient (Wildman–Crippen LogP) is 4.78. The number of alkyl halides is 3. The Morgan fingerprint density at radius 1 is 0.933 bits per heavy atom. The summed E-state index contributed by atoms with van der Waals surface area (Å²) >= 11 is 0. The standard InChI is InChI=1S/C22H16F3N3O2/c23-22(24,25)30-19-11-8-17(9-12-19)18-10-13-20-26-28(21(29)27(20)15-18)14-4-7-16-5-2-1-3-6-16/h1-13,15H,14H2/b7-4+. The quantitative estimate of drug-likeness (QED) is 0.475. The lowest BCUT2D eigenvalue weighted by molar-refractivity contribution is -0.274. The van der Waals surface area contributed by atoms with Crippen LogP contribution in [-0.4, -0.2) is 20.5 Å². The van der Waals surface area contributed by atoms with Crippen LogP contribution in [0.2, 0.25) is 0 Å². The molecule has 0 N–H and O–H groups in total. The smallest absolute Gasteiger partial charge is 0.406 e. The van der Waals surface area contributed by atoms with Gasteiger partial charge in [-0.05, 0) is 41.0 Å². The topological polar surface area (TPSA) is 48.5 Å². The average Bonchev–Trinajstić information content (AvgIpc) is 3.03. The molecule has 0 saturated heterocycles. The highest BCUT2D eigenvalue weighted by Crippen LogP contribution is 2.26. The molecule has 4 rings (SSSR count). The Morgan fingerprint density at radius 2 is 1.63 bits per heavy atom. The van der Waals surface area contributed by atoms with Gasteiger partial charge in [0.2, 0.25) is 0 Å². The number of halogens is 3. The average molecular weight is 411 g/mol. The van der Waals surface area contributed by atoms with Gasteiger partial charge in [0.25, 0.3) is 0 Å². The SMILES string of the molecule is O=c1n(C/C=C/c2ccccc2)nc2ccc(-c3ccc(OC(F)(F)F)cc3)cn12. The van der Waals surface area contributed by atoms with E-state index in [0.29, 0.717) is 23.3 Å². The Labute approximate surface area is 169 Å². The number of hydrogen-bond acceptors (Lipinski definition) is 3. The molecule has 0 radical (unpaired) electrons. The summed E-state index contributed by atoms with van der Waals surface area (Å²) in [6.07, 6.45) is 0.634. The van der Waals surface area contributed by atoms with Gasteiger partial charge >= 0.3 is 12.1 Å². The van der Waals surface area contributed by atoms with Gasteiger partial charge in [-0.25, -0.2) is 13.9 Å². The van der Waals surface area contributed by atoms with Gasteiger partial charge in [-0.15, -0.1) is 18.3 Å². The Bertz CT molecular complexity index is 1240. The van der Waals surface area contributed by atoms with Crippen LogP contribution in [0.5, 0.6) is 5.75 Å². The largest absolute Gasteiger partial charge is 0.573 e. The maximum Gasteiger partial charge on any atom is 0.573 e. The molecule has 0 amide bonds. The van der Waals surface area contributed by atoms with Crippen LogP contribution in [0.25, 0.3) is 22.9 Å². The Hall–Kier alpha value is -3.81. The normalized spacial score (nSPS) is 12.0. The number of hydrogen-bond donors (Lipinski definition) is 0. The van der Waals surface area contributed by atoms with Crippen molar-refractivity contribution < 1.29 is 17.9 Å². The van der Waals surface area contributed by atoms with E-state index >= 15 is 0 Å². The molecule has 4 aromatic rings. The van der Waals surface area contributed by atoms with Crippen molar-refractivity contribution in [3.8, 4) is 16.9 Å². The lowest BCUT2D eigenvalue weighted by atomic mass is 10.1. The van der Waals surface area contributed by atoms with Crippen LogP contribution in [0.15, 0.2) is 83.8 Å². The first-order valence-electron chi connectivity index (χ1n) is 9.06. The minimum absolute atomic E-state index is 0.303. The van der Waals surface area contributed by atoms with Gasteiger partial charge in [0.1, 0.15) is 5.75 Å². The molecule has 0 aliphatic heterocycles. The summed E-state index contributed by atoms with van der Waals surface area (Å²) in [6.45, 7) is 0.314. The molecule has 152 valence electrons. The van der Waals surface area contributed by atoms with Crippen LogP contribution in [0.4, 0.5) is 13.2 Å². The third kappa shape index (κ3) is 4.43. The number of ether oxygens (including phenoxy) is 1. The summed E-state index contributed by atoms with van der Waals surface area (Å²) in [5.74, 6) is -0.303. The lowest BCUT2D eigenvalue weighted by Crippen LogP contribution is -2.20. The molecule has 2 aromatic carbocycles. The molecule has 0 spiro atoms. The van der Waals surface area contributed by atoms with E-state index in [1.54, 1.807) is 18.3 Å². The summed E-state index contributed by atoms with van der Waals surface area (Å²) in [7, 11) is 0. The van der Waals surface area contributed by atoms with Crippen LogP contribution < -0.4 is 10.4 Å². The van der Waals surface area contributed by atoms with Crippen molar-refractivity contribution in [3.05, 3.63) is 95.1 Å². The van der Waals surface area contributed by atoms with Gasteiger partial charge in [0.15, 0.2) is 5.65 Å². The zero-order chi connectivity index (χ0) is 21.1. The minimum Gasteiger partial charge on any atom is -0.406 e. The van der Waals surface area contributed by atoms with Crippen LogP contribution in [0, 0.1) is 0 Å². The predicted molar refractivity (Wildman–Crippen MR) is 107 cm³/mol. The first-order chi connectivity index (χ1) is 14.4. The van der Waals surface area contributed by atoms with Gasteiger partial charge < -0.3 is 4.74 Å². The molecule has 0 fully saturated rings. The maximum atomic E-state index is 12.6. The molecule has 0 unspecified atom stereocenters. The fourth-order valence-corrected chi connectivity index (χ4v) is 3.01.